The number of hydrogen-bond acceptors (Lipinski definition) is 3. The average Bonchev–Trinajstić information content (AvgIpc) is 1.98. The summed E-state index contributed by atoms with van der Waals surface area (Å²) in [6.45, 7) is 1.62. The monoisotopic (exact) mass is 172 g/mol. The van der Waals surface area contributed by atoms with Crippen molar-refractivity contribution in [1.82, 2.24) is 4.90 Å². The van der Waals surface area contributed by atoms with E-state index in [1.165, 1.54) is 11.1 Å². The molecule has 0 fully saturated rings. The second-order valence-corrected chi connectivity index (χ2v) is 2.94. The van der Waals surface area contributed by atoms with Crippen molar-refractivity contribution in [2.45, 2.75) is 19.4 Å². The van der Waals surface area contributed by atoms with Gasteiger partial charge < -0.3 is 15.7 Å². The van der Waals surface area contributed by atoms with Gasteiger partial charge in [0.2, 0.25) is 0 Å². The van der Waals surface area contributed by atoms with Crippen molar-refractivity contribution in [1.29, 1.82) is 0 Å². The van der Waals surface area contributed by atoms with Crippen LogP contribution in [-0.2, 0) is 4.79 Å². The van der Waals surface area contributed by atoms with Crippen LogP contribution in [0.4, 0.5) is 0 Å². The van der Waals surface area contributed by atoms with Crippen molar-refractivity contribution >= 4 is 5.91 Å². The van der Waals surface area contributed by atoms with Gasteiger partial charge in [0, 0.05) is 32.3 Å². The van der Waals surface area contributed by atoms with Gasteiger partial charge in [-0.3, -0.25) is 4.79 Å². The number of nitrogens with two attached hydrogens (primary N) is 1. The van der Waals surface area contributed by atoms with Crippen LogP contribution in [0.1, 0.15) is 13.3 Å². The summed E-state index contributed by atoms with van der Waals surface area (Å²) < 4.78 is 0. The summed E-state index contributed by atoms with van der Waals surface area (Å²) in [5, 5.41) is 9.02. The Morgan fingerprint density at radius 3 is 2.42 bits per heavy atom. The lowest BCUT2D eigenvalue weighted by atomic mass is 10.1. The average molecular weight is 172 g/mol. The number of carbonyl (C=O) groups excluding carboxylic acids is 1. The second-order valence-electron chi connectivity index (χ2n) is 2.94. The Bertz CT molecular complexity index is 185. The first-order valence-corrected chi connectivity index (χ1v) is 3.79. The van der Waals surface area contributed by atoms with Crippen LogP contribution >= 0.6 is 0 Å². The first-order valence-electron chi connectivity index (χ1n) is 3.79. The molecule has 0 rings (SSSR count). The van der Waals surface area contributed by atoms with Crippen LogP contribution in [-0.4, -0.2) is 36.1 Å². The topological polar surface area (TPSA) is 66.6 Å². The zero-order valence-electron chi connectivity index (χ0n) is 7.74. The lowest BCUT2D eigenvalue weighted by Gasteiger charge is -2.13. The Morgan fingerprint density at radius 2 is 2.17 bits per heavy atom. The molecule has 0 aromatic rings. The molecular formula is C8H16N2O2. The standard InChI is InChI=1S/C8H16N2O2/c1-6(11)4-7(5-9)8(12)10(2)3/h5-6,11H,4,9H2,1-3H3. The van der Waals surface area contributed by atoms with E-state index in [0.717, 1.165) is 0 Å². The molecule has 0 aliphatic heterocycles. The number of carbonyl (C=O) groups is 1. The summed E-state index contributed by atoms with van der Waals surface area (Å²) >= 11 is 0. The molecule has 0 aliphatic carbocycles. The van der Waals surface area contributed by atoms with Gasteiger partial charge in [-0.1, -0.05) is 0 Å². The predicted octanol–water partition coefficient (Wildman–Crippen LogP) is -0.312. The molecule has 0 radical (unpaired) electrons. The molecule has 0 bridgehead atoms. The molecule has 1 amide bonds. The summed E-state index contributed by atoms with van der Waals surface area (Å²) in [5.74, 6) is -0.154. The molecule has 12 heavy (non-hydrogen) atoms. The van der Waals surface area contributed by atoms with Crippen LogP contribution in [0.3, 0.4) is 0 Å². The fraction of sp³-hybridized carbons (Fsp3) is 0.625. The first kappa shape index (κ1) is 11.0. The highest BCUT2D eigenvalue weighted by Crippen LogP contribution is 2.06. The Kier molecular flexibility index (Phi) is 4.36. The molecule has 0 aromatic carbocycles. The maximum atomic E-state index is 11.3. The molecule has 0 saturated heterocycles. The fourth-order valence-corrected chi connectivity index (χ4v) is 0.832. The van der Waals surface area contributed by atoms with Gasteiger partial charge >= 0.3 is 0 Å². The number of aliphatic hydroxyl groups excluding tert-OH is 1. The van der Waals surface area contributed by atoms with Gasteiger partial charge in [-0.05, 0) is 6.92 Å². The highest BCUT2D eigenvalue weighted by molar-refractivity contribution is 5.92. The van der Waals surface area contributed by atoms with E-state index in [1.807, 2.05) is 0 Å². The number of hydrogen-bond donors (Lipinski definition) is 2. The smallest absolute Gasteiger partial charge is 0.250 e. The van der Waals surface area contributed by atoms with Crippen molar-refractivity contribution in [3.05, 3.63) is 11.8 Å². The van der Waals surface area contributed by atoms with Crippen molar-refractivity contribution < 1.29 is 9.90 Å². The molecule has 0 aromatic heterocycles. The third kappa shape index (κ3) is 3.39. The lowest BCUT2D eigenvalue weighted by Crippen LogP contribution is -2.25. The molecule has 1 atom stereocenters. The Balaban J connectivity index is 4.28. The molecule has 1 unspecified atom stereocenters. The van der Waals surface area contributed by atoms with Gasteiger partial charge in [0.25, 0.3) is 5.91 Å². The van der Waals surface area contributed by atoms with Crippen LogP contribution in [0.25, 0.3) is 0 Å². The van der Waals surface area contributed by atoms with Crippen molar-refractivity contribution in [2.75, 3.05) is 14.1 Å². The Hall–Kier alpha value is -1.03. The number of aliphatic hydroxyl groups is 1. The number of nitrogens with zero attached hydrogens (tertiary/aromatic N) is 1. The molecule has 4 heteroatoms. The molecule has 4 nitrogen and oxygen atoms in total. The molecule has 0 saturated carbocycles. The zero-order chi connectivity index (χ0) is 9.72. The summed E-state index contributed by atoms with van der Waals surface area (Å²) in [6.07, 6.45) is 1.01. The van der Waals surface area contributed by atoms with E-state index in [1.54, 1.807) is 21.0 Å². The zero-order valence-corrected chi connectivity index (χ0v) is 7.74. The third-order valence-corrected chi connectivity index (χ3v) is 1.40. The second kappa shape index (κ2) is 4.77. The van der Waals surface area contributed by atoms with Gasteiger partial charge in [0.15, 0.2) is 0 Å². The molecule has 0 spiro atoms. The summed E-state index contributed by atoms with van der Waals surface area (Å²) in [4.78, 5) is 12.7. The third-order valence-electron chi connectivity index (χ3n) is 1.40. The molecular weight excluding hydrogens is 156 g/mol. The van der Waals surface area contributed by atoms with Gasteiger partial charge in [0.05, 0.1) is 6.10 Å². The Morgan fingerprint density at radius 1 is 1.67 bits per heavy atom. The van der Waals surface area contributed by atoms with Gasteiger partial charge in [-0.25, -0.2) is 0 Å². The van der Waals surface area contributed by atoms with E-state index in [4.69, 9.17) is 10.8 Å². The van der Waals surface area contributed by atoms with Crippen LogP contribution in [0.2, 0.25) is 0 Å². The van der Waals surface area contributed by atoms with E-state index in [0.29, 0.717) is 12.0 Å². The van der Waals surface area contributed by atoms with E-state index >= 15 is 0 Å². The molecule has 70 valence electrons. The maximum Gasteiger partial charge on any atom is 0.250 e. The summed E-state index contributed by atoms with van der Waals surface area (Å²) in [6, 6.07) is 0. The largest absolute Gasteiger partial charge is 0.404 e. The first-order chi connectivity index (χ1) is 5.49. The van der Waals surface area contributed by atoms with Crippen molar-refractivity contribution in [2.24, 2.45) is 5.73 Å². The van der Waals surface area contributed by atoms with E-state index in [9.17, 15) is 4.79 Å². The number of rotatable bonds is 3. The van der Waals surface area contributed by atoms with E-state index < -0.39 is 6.10 Å². The highest BCUT2D eigenvalue weighted by atomic mass is 16.3. The van der Waals surface area contributed by atoms with Crippen LogP contribution in [0.5, 0.6) is 0 Å². The SMILES string of the molecule is CC(O)CC(=CN)C(=O)N(C)C. The van der Waals surface area contributed by atoms with E-state index in [-0.39, 0.29) is 5.91 Å². The van der Waals surface area contributed by atoms with E-state index in [2.05, 4.69) is 0 Å². The summed E-state index contributed by atoms with van der Waals surface area (Å²) in [7, 11) is 3.29. The number of likely N-dealkylation sites (N-methyl/N-ethyl adjacent to an activating group) is 1. The molecule has 0 heterocycles. The van der Waals surface area contributed by atoms with Crippen molar-refractivity contribution in [3.8, 4) is 0 Å². The Labute approximate surface area is 72.7 Å². The van der Waals surface area contributed by atoms with Crippen LogP contribution in [0, 0.1) is 0 Å². The molecule has 3 N–H and O–H groups in total. The summed E-state index contributed by atoms with van der Waals surface area (Å²) in [5.41, 5.74) is 5.68. The fourth-order valence-electron chi connectivity index (χ4n) is 0.832. The quantitative estimate of drug-likeness (QED) is 0.574. The normalized spacial score (nSPS) is 14.2. The highest BCUT2D eigenvalue weighted by Gasteiger charge is 2.12. The maximum absolute atomic E-state index is 11.3. The van der Waals surface area contributed by atoms with Crippen molar-refractivity contribution in [3.63, 3.8) is 0 Å². The minimum atomic E-state index is -0.538. The lowest BCUT2D eigenvalue weighted by molar-refractivity contribution is -0.125. The van der Waals surface area contributed by atoms with Gasteiger partial charge in [-0.15, -0.1) is 0 Å². The van der Waals surface area contributed by atoms with Crippen LogP contribution < -0.4 is 5.73 Å². The van der Waals surface area contributed by atoms with Crippen LogP contribution in [0.15, 0.2) is 11.8 Å². The number of amides is 1. The van der Waals surface area contributed by atoms with Gasteiger partial charge in [-0.2, -0.15) is 0 Å². The minimum Gasteiger partial charge on any atom is -0.404 e. The molecule has 0 aliphatic rings. The van der Waals surface area contributed by atoms with Gasteiger partial charge in [0.1, 0.15) is 0 Å². The predicted molar refractivity (Wildman–Crippen MR) is 47.3 cm³/mol. The minimum absolute atomic E-state index is 0.154.